The van der Waals surface area contributed by atoms with Gasteiger partial charge in [0.05, 0.1) is 14.7 Å². The minimum atomic E-state index is -0.0428. The van der Waals surface area contributed by atoms with Crippen molar-refractivity contribution in [3.63, 3.8) is 0 Å². The van der Waals surface area contributed by atoms with Gasteiger partial charge in [-0.05, 0) is 46.9 Å². The van der Waals surface area contributed by atoms with Crippen LogP contribution in [0.2, 0.25) is 5.15 Å². The molecule has 0 spiro atoms. The lowest BCUT2D eigenvalue weighted by atomic mass is 9.64. The smallest absolute Gasteiger partial charge is 0.146 e. The van der Waals surface area contributed by atoms with E-state index < -0.39 is 0 Å². The molecule has 0 atom stereocenters. The highest BCUT2D eigenvalue weighted by Gasteiger charge is 2.43. The summed E-state index contributed by atoms with van der Waals surface area (Å²) in [5, 5.41) is 0.589. The van der Waals surface area contributed by atoms with Crippen molar-refractivity contribution in [3.05, 3.63) is 56.1 Å². The van der Waals surface area contributed by atoms with E-state index in [9.17, 15) is 0 Å². The highest BCUT2D eigenvalue weighted by Crippen LogP contribution is 2.48. The molecule has 1 aliphatic carbocycles. The molecule has 1 aromatic heterocycles. The number of aromatic nitrogens is 2. The molecule has 2 aromatic rings. The van der Waals surface area contributed by atoms with Gasteiger partial charge < -0.3 is 0 Å². The molecule has 0 bridgehead atoms. The third kappa shape index (κ3) is 2.59. The molecular weight excluding hydrogens is 395 g/mol. The van der Waals surface area contributed by atoms with Gasteiger partial charge in [0, 0.05) is 0 Å². The number of nitrogens with zero attached hydrogens (tertiary/aromatic N) is 2. The second-order valence-electron chi connectivity index (χ2n) is 5.99. The van der Waals surface area contributed by atoms with Crippen molar-refractivity contribution in [1.29, 1.82) is 0 Å². The first-order valence-corrected chi connectivity index (χ1v) is 8.79. The average Bonchev–Trinajstić information content (AvgIpc) is 2.42. The molecule has 0 saturated heterocycles. The second kappa shape index (κ2) is 5.84. The van der Waals surface area contributed by atoms with Crippen LogP contribution in [0.25, 0.3) is 0 Å². The lowest BCUT2D eigenvalue weighted by Gasteiger charge is -2.41. The largest absolute Gasteiger partial charge is 0.235 e. The Kier molecular flexibility index (Phi) is 4.23. The summed E-state index contributed by atoms with van der Waals surface area (Å²) in [4.78, 5) is 9.53. The molecule has 0 N–H and O–H groups in total. The molecule has 0 radical (unpaired) electrons. The fourth-order valence-electron chi connectivity index (χ4n) is 2.96. The lowest BCUT2D eigenvalue weighted by molar-refractivity contribution is 0.284. The number of rotatable bonds is 3. The maximum absolute atomic E-state index is 6.38. The maximum atomic E-state index is 6.38. The molecule has 1 aliphatic rings. The number of benzene rings is 1. The zero-order valence-corrected chi connectivity index (χ0v) is 15.1. The normalized spacial score (nSPS) is 16.8. The van der Waals surface area contributed by atoms with Gasteiger partial charge in [0.2, 0.25) is 0 Å². The third-order valence-corrected chi connectivity index (χ3v) is 6.00. The van der Waals surface area contributed by atoms with Crippen molar-refractivity contribution in [2.45, 2.75) is 44.4 Å². The van der Waals surface area contributed by atoms with Gasteiger partial charge in [0.15, 0.2) is 0 Å². The van der Waals surface area contributed by atoms with Crippen LogP contribution < -0.4 is 0 Å². The first kappa shape index (κ1) is 15.2. The minimum Gasteiger partial charge on any atom is -0.235 e. The van der Waals surface area contributed by atoms with E-state index in [1.54, 1.807) is 0 Å². The van der Waals surface area contributed by atoms with Gasteiger partial charge in [-0.3, -0.25) is 0 Å². The Morgan fingerprint density at radius 3 is 2.33 bits per heavy atom. The van der Waals surface area contributed by atoms with E-state index in [0.717, 1.165) is 27.9 Å². The quantitative estimate of drug-likeness (QED) is 0.503. The Balaban J connectivity index is 2.15. The lowest BCUT2D eigenvalue weighted by Crippen LogP contribution is -2.37. The van der Waals surface area contributed by atoms with Gasteiger partial charge in [0.1, 0.15) is 11.0 Å². The standard InChI is InChI=1S/C17H18ClIN2/c1-11(2)14-13(19)15(18)21-16(20-14)17(9-6-10-17)12-7-4-3-5-8-12/h3-5,7-8,11H,6,9-10H2,1-2H3. The molecule has 4 heteroatoms. The Labute approximate surface area is 144 Å². The van der Waals surface area contributed by atoms with Gasteiger partial charge in [-0.15, -0.1) is 0 Å². The zero-order chi connectivity index (χ0) is 15.0. The Bertz CT molecular complexity index is 651. The van der Waals surface area contributed by atoms with E-state index in [1.165, 1.54) is 12.0 Å². The van der Waals surface area contributed by atoms with Gasteiger partial charge in [-0.1, -0.05) is 62.2 Å². The Morgan fingerprint density at radius 1 is 1.14 bits per heavy atom. The average molecular weight is 413 g/mol. The van der Waals surface area contributed by atoms with E-state index in [1.807, 2.05) is 0 Å². The molecule has 3 rings (SSSR count). The second-order valence-corrected chi connectivity index (χ2v) is 7.43. The molecule has 0 unspecified atom stereocenters. The van der Waals surface area contributed by atoms with Crippen molar-refractivity contribution >= 4 is 34.2 Å². The maximum Gasteiger partial charge on any atom is 0.146 e. The molecule has 0 aliphatic heterocycles. The molecular formula is C17H18ClIN2. The molecule has 1 aromatic carbocycles. The summed E-state index contributed by atoms with van der Waals surface area (Å²) in [6.45, 7) is 4.31. The fourth-order valence-corrected chi connectivity index (χ4v) is 4.00. The number of hydrogen-bond acceptors (Lipinski definition) is 2. The van der Waals surface area contributed by atoms with Crippen LogP contribution in [-0.4, -0.2) is 9.97 Å². The fraction of sp³-hybridized carbons (Fsp3) is 0.412. The first-order chi connectivity index (χ1) is 10.0. The van der Waals surface area contributed by atoms with Crippen LogP contribution in [0.1, 0.15) is 56.1 Å². The van der Waals surface area contributed by atoms with Gasteiger partial charge in [0.25, 0.3) is 0 Å². The van der Waals surface area contributed by atoms with Crippen LogP contribution in [0.4, 0.5) is 0 Å². The number of halogens is 2. The van der Waals surface area contributed by atoms with E-state index in [2.05, 4.69) is 71.8 Å². The topological polar surface area (TPSA) is 25.8 Å². The molecule has 1 heterocycles. The van der Waals surface area contributed by atoms with E-state index in [4.69, 9.17) is 16.6 Å². The van der Waals surface area contributed by atoms with Crippen LogP contribution in [0.15, 0.2) is 30.3 Å². The summed E-state index contributed by atoms with van der Waals surface area (Å²) in [6, 6.07) is 10.6. The van der Waals surface area contributed by atoms with Gasteiger partial charge >= 0.3 is 0 Å². The zero-order valence-electron chi connectivity index (χ0n) is 12.2. The van der Waals surface area contributed by atoms with Crippen molar-refractivity contribution in [3.8, 4) is 0 Å². The van der Waals surface area contributed by atoms with E-state index >= 15 is 0 Å². The summed E-state index contributed by atoms with van der Waals surface area (Å²) in [5.41, 5.74) is 2.33. The molecule has 1 saturated carbocycles. The summed E-state index contributed by atoms with van der Waals surface area (Å²) >= 11 is 8.63. The highest BCUT2D eigenvalue weighted by atomic mass is 127. The third-order valence-electron chi connectivity index (χ3n) is 4.34. The van der Waals surface area contributed by atoms with Crippen LogP contribution in [-0.2, 0) is 5.41 Å². The SMILES string of the molecule is CC(C)c1nc(C2(c3ccccc3)CCC2)nc(Cl)c1I. The monoisotopic (exact) mass is 412 g/mol. The number of hydrogen-bond donors (Lipinski definition) is 0. The summed E-state index contributed by atoms with van der Waals surface area (Å²) in [6.07, 6.45) is 3.43. The molecule has 1 fully saturated rings. The van der Waals surface area contributed by atoms with Gasteiger partial charge in [-0.25, -0.2) is 9.97 Å². The predicted molar refractivity (Wildman–Crippen MR) is 94.9 cm³/mol. The van der Waals surface area contributed by atoms with Crippen LogP contribution >= 0.6 is 34.2 Å². The van der Waals surface area contributed by atoms with E-state index in [0.29, 0.717) is 11.1 Å². The van der Waals surface area contributed by atoms with Crippen molar-refractivity contribution in [2.75, 3.05) is 0 Å². The Morgan fingerprint density at radius 2 is 1.81 bits per heavy atom. The molecule has 2 nitrogen and oxygen atoms in total. The van der Waals surface area contributed by atoms with Crippen LogP contribution in [0.3, 0.4) is 0 Å². The Hall–Kier alpha value is -0.680. The van der Waals surface area contributed by atoms with E-state index in [-0.39, 0.29) is 5.41 Å². The molecule has 0 amide bonds. The minimum absolute atomic E-state index is 0.0428. The van der Waals surface area contributed by atoms with Crippen LogP contribution in [0, 0.1) is 3.57 Å². The highest BCUT2D eigenvalue weighted by molar-refractivity contribution is 14.1. The predicted octanol–water partition coefficient (Wildman–Crippen LogP) is 5.33. The van der Waals surface area contributed by atoms with Gasteiger partial charge in [-0.2, -0.15) is 0 Å². The summed E-state index contributed by atoms with van der Waals surface area (Å²) in [7, 11) is 0. The molecule has 110 valence electrons. The van der Waals surface area contributed by atoms with Crippen molar-refractivity contribution in [2.24, 2.45) is 0 Å². The van der Waals surface area contributed by atoms with Crippen molar-refractivity contribution in [1.82, 2.24) is 9.97 Å². The van der Waals surface area contributed by atoms with Crippen molar-refractivity contribution < 1.29 is 0 Å². The summed E-state index contributed by atoms with van der Waals surface area (Å²) < 4.78 is 0.982. The molecule has 21 heavy (non-hydrogen) atoms. The summed E-state index contributed by atoms with van der Waals surface area (Å²) in [5.74, 6) is 1.25. The first-order valence-electron chi connectivity index (χ1n) is 7.33. The van der Waals surface area contributed by atoms with Crippen LogP contribution in [0.5, 0.6) is 0 Å².